The second kappa shape index (κ2) is 11.4. The van der Waals surface area contributed by atoms with Crippen LogP contribution in [0.5, 0.6) is 0 Å². The number of rotatable bonds is 4. The summed E-state index contributed by atoms with van der Waals surface area (Å²) in [5.41, 5.74) is 10.1. The van der Waals surface area contributed by atoms with Gasteiger partial charge in [-0.2, -0.15) is 0 Å². The number of aromatic nitrogens is 2. The van der Waals surface area contributed by atoms with Crippen LogP contribution in [0.15, 0.2) is 167 Å². The molecular weight excluding hydrogens is 701 g/mol. The predicted molar refractivity (Wildman–Crippen MR) is 227 cm³/mol. The molecule has 0 aliphatic carbocycles. The minimum absolute atomic E-state index is 0.641. The molecule has 0 amide bonds. The highest BCUT2D eigenvalue weighted by atomic mass is 32.1. The monoisotopic (exact) mass is 726 g/mol. The average Bonchev–Trinajstić information content (AvgIpc) is 4.02. The highest BCUT2D eigenvalue weighted by Crippen LogP contribution is 2.46. The summed E-state index contributed by atoms with van der Waals surface area (Å²) in [5, 5.41) is 7.09. The summed E-state index contributed by atoms with van der Waals surface area (Å²) in [6.45, 7) is 0. The van der Waals surface area contributed by atoms with Crippen molar-refractivity contribution in [3.8, 4) is 45.2 Å². The van der Waals surface area contributed by atoms with Gasteiger partial charge in [-0.1, -0.05) is 109 Å². The Bertz CT molecular complexity index is 3210. The summed E-state index contributed by atoms with van der Waals surface area (Å²) in [7, 11) is 0. The van der Waals surface area contributed by atoms with Crippen LogP contribution >= 0.6 is 22.7 Å². The molecule has 0 bridgehead atoms. The lowest BCUT2D eigenvalue weighted by atomic mass is 10.0. The number of hydrogen-bond acceptors (Lipinski definition) is 6. The Morgan fingerprint density at radius 2 is 0.759 bits per heavy atom. The van der Waals surface area contributed by atoms with E-state index < -0.39 is 0 Å². The molecule has 54 heavy (non-hydrogen) atoms. The zero-order chi connectivity index (χ0) is 35.3. The molecule has 0 fully saturated rings. The Hall–Kier alpha value is -6.60. The van der Waals surface area contributed by atoms with Gasteiger partial charge in [-0.3, -0.25) is 0 Å². The van der Waals surface area contributed by atoms with E-state index in [1.807, 2.05) is 59.1 Å². The molecule has 4 aromatic heterocycles. The highest BCUT2D eigenvalue weighted by Gasteiger charge is 2.16. The van der Waals surface area contributed by atoms with Gasteiger partial charge < -0.3 is 8.83 Å². The maximum atomic E-state index is 6.29. The lowest BCUT2D eigenvalue weighted by Crippen LogP contribution is -1.80. The van der Waals surface area contributed by atoms with Crippen LogP contribution in [0.1, 0.15) is 0 Å². The highest BCUT2D eigenvalue weighted by molar-refractivity contribution is 7.36. The second-order valence-electron chi connectivity index (χ2n) is 13.7. The molecule has 6 heteroatoms. The van der Waals surface area contributed by atoms with Crippen molar-refractivity contribution in [2.75, 3.05) is 0 Å². The van der Waals surface area contributed by atoms with Gasteiger partial charge in [0.2, 0.25) is 11.8 Å². The van der Waals surface area contributed by atoms with Crippen LogP contribution in [0.2, 0.25) is 0 Å². The first-order valence-electron chi connectivity index (χ1n) is 17.9. The predicted octanol–water partition coefficient (Wildman–Crippen LogP) is 14.5. The molecular formula is C48H26N2O2S2. The molecule has 0 unspecified atom stereocenters. The molecule has 8 aromatic carbocycles. The first-order chi connectivity index (χ1) is 26.7. The van der Waals surface area contributed by atoms with Gasteiger partial charge in [-0.05, 0) is 81.6 Å². The van der Waals surface area contributed by atoms with Gasteiger partial charge >= 0.3 is 0 Å². The zero-order valence-corrected chi connectivity index (χ0v) is 30.2. The third-order valence-electron chi connectivity index (χ3n) is 10.6. The Morgan fingerprint density at radius 3 is 1.22 bits per heavy atom. The number of fused-ring (bicyclic) bond motifs is 11. The largest absolute Gasteiger partial charge is 0.435 e. The molecule has 0 aliphatic rings. The van der Waals surface area contributed by atoms with Crippen molar-refractivity contribution in [1.82, 2.24) is 9.97 Å². The van der Waals surface area contributed by atoms with Crippen LogP contribution in [-0.4, -0.2) is 9.97 Å². The first kappa shape index (κ1) is 29.9. The van der Waals surface area contributed by atoms with E-state index in [1.165, 1.54) is 51.8 Å². The summed E-state index contributed by atoms with van der Waals surface area (Å²) in [5.74, 6) is 1.28. The fourth-order valence-electron chi connectivity index (χ4n) is 7.78. The molecule has 12 aromatic rings. The van der Waals surface area contributed by atoms with E-state index in [-0.39, 0.29) is 0 Å². The van der Waals surface area contributed by atoms with Crippen LogP contribution < -0.4 is 0 Å². The second-order valence-corrected chi connectivity index (χ2v) is 15.9. The van der Waals surface area contributed by atoms with Gasteiger partial charge in [-0.15, -0.1) is 22.7 Å². The minimum atomic E-state index is 0.641. The number of oxazole rings is 2. The maximum Gasteiger partial charge on any atom is 0.227 e. The molecule has 0 spiro atoms. The number of nitrogens with zero attached hydrogens (tertiary/aromatic N) is 2. The van der Waals surface area contributed by atoms with Crippen molar-refractivity contribution in [2.24, 2.45) is 0 Å². The van der Waals surface area contributed by atoms with Crippen molar-refractivity contribution in [2.45, 2.75) is 0 Å². The van der Waals surface area contributed by atoms with Gasteiger partial charge in [0.15, 0.2) is 11.2 Å². The molecule has 0 saturated carbocycles. The van der Waals surface area contributed by atoms with E-state index in [9.17, 15) is 0 Å². The third-order valence-corrected chi connectivity index (χ3v) is 13.1. The minimum Gasteiger partial charge on any atom is -0.435 e. The van der Waals surface area contributed by atoms with E-state index in [1.54, 1.807) is 0 Å². The average molecular weight is 727 g/mol. The SMILES string of the molecule is c1ccc2c(c1)ccc1nc(-c3ccc(-c4ccc5c(c4)sc4c6ccc(-c7ccc(-c8nc9ccc%10ccccc%10c9o8)cc7)cc6sc54)cc3)oc12. The van der Waals surface area contributed by atoms with E-state index in [2.05, 4.69) is 121 Å². The summed E-state index contributed by atoms with van der Waals surface area (Å²) in [4.78, 5) is 9.60. The van der Waals surface area contributed by atoms with E-state index in [0.717, 1.165) is 54.9 Å². The van der Waals surface area contributed by atoms with Gasteiger partial charge in [0.25, 0.3) is 0 Å². The molecule has 0 atom stereocenters. The maximum absolute atomic E-state index is 6.29. The topological polar surface area (TPSA) is 52.1 Å². The van der Waals surface area contributed by atoms with E-state index in [4.69, 9.17) is 18.8 Å². The number of thiophene rings is 2. The number of hydrogen-bond donors (Lipinski definition) is 0. The first-order valence-corrected chi connectivity index (χ1v) is 19.5. The third kappa shape index (κ3) is 4.61. The van der Waals surface area contributed by atoms with Crippen molar-refractivity contribution < 1.29 is 8.83 Å². The van der Waals surface area contributed by atoms with Crippen molar-refractivity contribution in [3.63, 3.8) is 0 Å². The van der Waals surface area contributed by atoms with E-state index in [0.29, 0.717) is 11.8 Å². The lowest BCUT2D eigenvalue weighted by molar-refractivity contribution is 0.622. The zero-order valence-electron chi connectivity index (χ0n) is 28.5. The van der Waals surface area contributed by atoms with Crippen molar-refractivity contribution in [3.05, 3.63) is 158 Å². The van der Waals surface area contributed by atoms with Crippen LogP contribution in [0, 0.1) is 0 Å². The Morgan fingerprint density at radius 1 is 0.352 bits per heavy atom. The molecule has 0 saturated heterocycles. The molecule has 4 heterocycles. The smallest absolute Gasteiger partial charge is 0.227 e. The van der Waals surface area contributed by atoms with Crippen LogP contribution in [0.25, 0.3) is 118 Å². The molecule has 0 aliphatic heterocycles. The van der Waals surface area contributed by atoms with Gasteiger partial charge in [0, 0.05) is 42.1 Å². The Labute approximate surface area is 316 Å². The van der Waals surface area contributed by atoms with Crippen LogP contribution in [0.4, 0.5) is 0 Å². The summed E-state index contributed by atoms with van der Waals surface area (Å²) in [6, 6.07) is 55.6. The van der Waals surface area contributed by atoms with E-state index >= 15 is 0 Å². The van der Waals surface area contributed by atoms with Gasteiger partial charge in [0.05, 0.1) is 9.40 Å². The summed E-state index contributed by atoms with van der Waals surface area (Å²) >= 11 is 3.76. The summed E-state index contributed by atoms with van der Waals surface area (Å²) < 4.78 is 17.9. The van der Waals surface area contributed by atoms with Crippen molar-refractivity contribution >= 4 is 96.0 Å². The fourth-order valence-corrected chi connectivity index (χ4v) is 10.5. The molecule has 0 N–H and O–H groups in total. The van der Waals surface area contributed by atoms with Crippen LogP contribution in [0.3, 0.4) is 0 Å². The molecule has 12 rings (SSSR count). The van der Waals surface area contributed by atoms with Crippen LogP contribution in [-0.2, 0) is 0 Å². The lowest BCUT2D eigenvalue weighted by Gasteiger charge is -2.04. The summed E-state index contributed by atoms with van der Waals surface area (Å²) in [6.07, 6.45) is 0. The van der Waals surface area contributed by atoms with Crippen molar-refractivity contribution in [1.29, 1.82) is 0 Å². The normalized spacial score (nSPS) is 12.1. The molecule has 4 nitrogen and oxygen atoms in total. The Kier molecular flexibility index (Phi) is 6.34. The quantitative estimate of drug-likeness (QED) is 0.181. The molecule has 252 valence electrons. The standard InChI is InChI=1S/C48H26N2O2S2/c1-3-7-35-29(5-1)19-23-39-43(35)51-47(49-39)31-13-9-27(10-14-31)33-17-21-37-41(25-33)53-46-38-22-18-34(26-42(38)54-45(37)46)28-11-15-32(16-12-28)48-50-40-24-20-30-6-2-4-8-36(30)44(40)52-48/h1-26H. The fraction of sp³-hybridized carbons (Fsp3) is 0. The van der Waals surface area contributed by atoms with Gasteiger partial charge in [0.1, 0.15) is 11.0 Å². The number of benzene rings is 8. The van der Waals surface area contributed by atoms with Gasteiger partial charge in [-0.25, -0.2) is 9.97 Å². The molecule has 0 radical (unpaired) electrons. The Balaban J connectivity index is 0.831.